The molecule has 1 aliphatic rings. The summed E-state index contributed by atoms with van der Waals surface area (Å²) >= 11 is 0. The first-order valence-corrected chi connectivity index (χ1v) is 9.99. The van der Waals surface area contributed by atoms with E-state index in [0.717, 1.165) is 22.6 Å². The molecule has 1 unspecified atom stereocenters. The summed E-state index contributed by atoms with van der Waals surface area (Å²) in [5.74, 6) is -1.75. The monoisotopic (exact) mass is 442 g/mol. The molecule has 0 spiro atoms. The van der Waals surface area contributed by atoms with Gasteiger partial charge in [-0.05, 0) is 29.3 Å². The SMILES string of the molecule is OC1(C(F)(F)F)CC(c2ccc(CNCc3ccccc3Oc3ccccc3)cc2)=NO1. The predicted molar refractivity (Wildman–Crippen MR) is 113 cm³/mol. The molecule has 2 N–H and O–H groups in total. The predicted octanol–water partition coefficient (Wildman–Crippen LogP) is 5.14. The van der Waals surface area contributed by atoms with Crippen LogP contribution in [0.1, 0.15) is 23.1 Å². The average molecular weight is 442 g/mol. The summed E-state index contributed by atoms with van der Waals surface area (Å²) in [7, 11) is 0. The summed E-state index contributed by atoms with van der Waals surface area (Å²) in [5, 5.41) is 16.3. The Hall–Kier alpha value is -3.36. The molecule has 5 nitrogen and oxygen atoms in total. The van der Waals surface area contributed by atoms with E-state index in [4.69, 9.17) is 4.74 Å². The van der Waals surface area contributed by atoms with Crippen molar-refractivity contribution in [2.75, 3.05) is 0 Å². The third kappa shape index (κ3) is 4.92. The second-order valence-electron chi connectivity index (χ2n) is 7.41. The minimum atomic E-state index is -4.91. The maximum absolute atomic E-state index is 12.9. The van der Waals surface area contributed by atoms with Crippen LogP contribution in [-0.4, -0.2) is 22.8 Å². The number of halogens is 3. The Bertz CT molecular complexity index is 1090. The van der Waals surface area contributed by atoms with Crippen molar-refractivity contribution >= 4 is 5.71 Å². The molecule has 3 aromatic carbocycles. The van der Waals surface area contributed by atoms with E-state index < -0.39 is 18.4 Å². The van der Waals surface area contributed by atoms with Crippen LogP contribution in [0, 0.1) is 0 Å². The molecule has 1 heterocycles. The lowest BCUT2D eigenvalue weighted by molar-refractivity contribution is -0.355. The maximum atomic E-state index is 12.9. The molecule has 0 radical (unpaired) electrons. The van der Waals surface area contributed by atoms with E-state index in [1.807, 2.05) is 54.6 Å². The number of nitrogens with one attached hydrogen (secondary N) is 1. The van der Waals surface area contributed by atoms with Crippen molar-refractivity contribution in [1.29, 1.82) is 0 Å². The summed E-state index contributed by atoms with van der Waals surface area (Å²) in [6.07, 6.45) is -5.66. The maximum Gasteiger partial charge on any atom is 0.458 e. The standard InChI is InChI=1S/C24H21F3N2O3/c25-24(26,27)23(30)14-21(29-32-23)18-12-10-17(11-13-18)15-28-16-19-6-4-5-9-22(19)31-20-7-2-1-3-8-20/h1-13,28,30H,14-16H2. The van der Waals surface area contributed by atoms with Crippen LogP contribution in [0.25, 0.3) is 0 Å². The van der Waals surface area contributed by atoms with Crippen molar-refractivity contribution in [3.05, 3.63) is 95.6 Å². The fourth-order valence-electron chi connectivity index (χ4n) is 3.25. The number of nitrogens with zero attached hydrogens (tertiary/aromatic N) is 1. The van der Waals surface area contributed by atoms with Gasteiger partial charge in [0.05, 0.1) is 12.1 Å². The van der Waals surface area contributed by atoms with E-state index in [1.165, 1.54) is 0 Å². The molecule has 32 heavy (non-hydrogen) atoms. The first kappa shape index (κ1) is 21.9. The van der Waals surface area contributed by atoms with E-state index >= 15 is 0 Å². The molecule has 8 heteroatoms. The number of benzene rings is 3. The summed E-state index contributed by atoms with van der Waals surface area (Å²) in [4.78, 5) is 4.26. The van der Waals surface area contributed by atoms with Crippen molar-refractivity contribution in [2.45, 2.75) is 31.5 Å². The first-order valence-electron chi connectivity index (χ1n) is 9.99. The van der Waals surface area contributed by atoms with Gasteiger partial charge >= 0.3 is 12.0 Å². The second-order valence-corrected chi connectivity index (χ2v) is 7.41. The Kier molecular flexibility index (Phi) is 6.16. The zero-order valence-electron chi connectivity index (χ0n) is 17.0. The van der Waals surface area contributed by atoms with Gasteiger partial charge in [-0.1, -0.05) is 65.8 Å². The van der Waals surface area contributed by atoms with E-state index in [-0.39, 0.29) is 5.71 Å². The van der Waals surface area contributed by atoms with Crippen LogP contribution in [0.2, 0.25) is 0 Å². The van der Waals surface area contributed by atoms with E-state index in [2.05, 4.69) is 15.3 Å². The molecule has 166 valence electrons. The first-order chi connectivity index (χ1) is 15.3. The van der Waals surface area contributed by atoms with Crippen LogP contribution in [0.15, 0.2) is 84.0 Å². The lowest BCUT2D eigenvalue weighted by Crippen LogP contribution is -2.45. The van der Waals surface area contributed by atoms with Gasteiger partial charge < -0.3 is 20.0 Å². The fraction of sp³-hybridized carbons (Fsp3) is 0.208. The van der Waals surface area contributed by atoms with Crippen molar-refractivity contribution in [2.24, 2.45) is 5.16 Å². The summed E-state index contributed by atoms with van der Waals surface area (Å²) in [5.41, 5.74) is 2.46. The molecule has 0 aliphatic carbocycles. The molecule has 0 aromatic heterocycles. The van der Waals surface area contributed by atoms with Crippen molar-refractivity contribution in [3.63, 3.8) is 0 Å². The molecule has 0 amide bonds. The zero-order chi connectivity index (χ0) is 22.6. The quantitative estimate of drug-likeness (QED) is 0.532. The van der Waals surface area contributed by atoms with E-state index in [1.54, 1.807) is 24.3 Å². The van der Waals surface area contributed by atoms with Gasteiger partial charge in [0.25, 0.3) is 0 Å². The Balaban J connectivity index is 1.33. The van der Waals surface area contributed by atoms with E-state index in [9.17, 15) is 18.3 Å². The number of aliphatic hydroxyl groups is 1. The number of alkyl halides is 3. The van der Waals surface area contributed by atoms with Gasteiger partial charge in [-0.2, -0.15) is 13.2 Å². The summed E-state index contributed by atoms with van der Waals surface area (Å²) in [6.45, 7) is 1.12. The molecule has 0 saturated heterocycles. The van der Waals surface area contributed by atoms with Crippen molar-refractivity contribution in [1.82, 2.24) is 5.32 Å². The second kappa shape index (κ2) is 9.02. The summed E-state index contributed by atoms with van der Waals surface area (Å²) < 4.78 is 44.5. The third-order valence-electron chi connectivity index (χ3n) is 5.03. The number of hydrogen-bond donors (Lipinski definition) is 2. The van der Waals surface area contributed by atoms with Crippen LogP contribution in [0.5, 0.6) is 11.5 Å². The van der Waals surface area contributed by atoms with Gasteiger partial charge in [-0.15, -0.1) is 0 Å². The van der Waals surface area contributed by atoms with E-state index in [0.29, 0.717) is 18.7 Å². The number of hydrogen-bond acceptors (Lipinski definition) is 5. The molecule has 1 aliphatic heterocycles. The van der Waals surface area contributed by atoms with Gasteiger partial charge in [0.15, 0.2) is 0 Å². The van der Waals surface area contributed by atoms with Gasteiger partial charge in [-0.25, -0.2) is 0 Å². The Morgan fingerprint density at radius 2 is 1.62 bits per heavy atom. The smallest absolute Gasteiger partial charge is 0.457 e. The average Bonchev–Trinajstić information content (AvgIpc) is 3.20. The van der Waals surface area contributed by atoms with Crippen LogP contribution in [-0.2, 0) is 17.9 Å². The minimum absolute atomic E-state index is 0.0522. The largest absolute Gasteiger partial charge is 0.458 e. The molecule has 1 atom stereocenters. The molecule has 0 fully saturated rings. The Labute approximate surface area is 183 Å². The molecule has 3 aromatic rings. The summed E-state index contributed by atoms with van der Waals surface area (Å²) in [6, 6.07) is 24.2. The Morgan fingerprint density at radius 1 is 0.938 bits per heavy atom. The third-order valence-corrected chi connectivity index (χ3v) is 5.03. The lowest BCUT2D eigenvalue weighted by Gasteiger charge is -2.22. The number of rotatable bonds is 7. The number of oxime groups is 1. The minimum Gasteiger partial charge on any atom is -0.457 e. The highest BCUT2D eigenvalue weighted by Gasteiger charge is 2.60. The highest BCUT2D eigenvalue weighted by atomic mass is 19.4. The van der Waals surface area contributed by atoms with Gasteiger partial charge in [0, 0.05) is 18.7 Å². The highest BCUT2D eigenvalue weighted by molar-refractivity contribution is 6.01. The van der Waals surface area contributed by atoms with Crippen LogP contribution in [0.3, 0.4) is 0 Å². The fourth-order valence-corrected chi connectivity index (χ4v) is 3.25. The molecular formula is C24H21F3N2O3. The number of ether oxygens (including phenoxy) is 1. The molecular weight excluding hydrogens is 421 g/mol. The molecule has 0 bridgehead atoms. The number of para-hydroxylation sites is 2. The van der Waals surface area contributed by atoms with Gasteiger partial charge in [0.2, 0.25) is 0 Å². The molecule has 4 rings (SSSR count). The van der Waals surface area contributed by atoms with Crippen molar-refractivity contribution in [3.8, 4) is 11.5 Å². The van der Waals surface area contributed by atoms with Crippen molar-refractivity contribution < 1.29 is 27.9 Å². The van der Waals surface area contributed by atoms with Crippen LogP contribution < -0.4 is 10.1 Å². The molecule has 0 saturated carbocycles. The Morgan fingerprint density at radius 3 is 2.31 bits per heavy atom. The van der Waals surface area contributed by atoms with Crippen LogP contribution in [0.4, 0.5) is 13.2 Å². The normalized spacial score (nSPS) is 18.2. The van der Waals surface area contributed by atoms with Crippen LogP contribution >= 0.6 is 0 Å². The topological polar surface area (TPSA) is 63.1 Å². The highest BCUT2D eigenvalue weighted by Crippen LogP contribution is 2.38. The zero-order valence-corrected chi connectivity index (χ0v) is 17.0. The van der Waals surface area contributed by atoms with Gasteiger partial charge in [0.1, 0.15) is 11.5 Å². The lowest BCUT2D eigenvalue weighted by atomic mass is 10.0. The van der Waals surface area contributed by atoms with Gasteiger partial charge in [-0.3, -0.25) is 0 Å².